The maximum Gasteiger partial charge on any atom is 0.332 e. The Labute approximate surface area is 101 Å². The van der Waals surface area contributed by atoms with Crippen molar-refractivity contribution in [3.8, 4) is 0 Å². The Hall–Kier alpha value is -1.10. The molecule has 1 aliphatic carbocycles. The average Bonchev–Trinajstić information content (AvgIpc) is 2.30. The van der Waals surface area contributed by atoms with Gasteiger partial charge in [0.15, 0.2) is 0 Å². The van der Waals surface area contributed by atoms with Gasteiger partial charge < -0.3 is 14.6 Å². The second-order valence-electron chi connectivity index (χ2n) is 4.38. The molecule has 0 aromatic rings. The molecule has 1 rings (SSSR count). The lowest BCUT2D eigenvalue weighted by molar-refractivity contribution is -0.149. The van der Waals surface area contributed by atoms with Crippen molar-refractivity contribution in [2.75, 3.05) is 19.8 Å². The number of ether oxygens (including phenoxy) is 2. The molecule has 98 valence electrons. The van der Waals surface area contributed by atoms with Gasteiger partial charge in [0, 0.05) is 0 Å². The maximum atomic E-state index is 11.0. The van der Waals surface area contributed by atoms with Crippen LogP contribution in [-0.2, 0) is 19.1 Å². The molecule has 0 saturated heterocycles. The first kappa shape index (κ1) is 14.0. The van der Waals surface area contributed by atoms with Gasteiger partial charge in [0.05, 0.1) is 19.1 Å². The zero-order chi connectivity index (χ0) is 12.7. The number of carbonyl (C=O) groups excluding carboxylic acids is 1. The normalized spacial score (nSPS) is 24.3. The fourth-order valence-electron chi connectivity index (χ4n) is 2.09. The fourth-order valence-corrected chi connectivity index (χ4v) is 2.09. The van der Waals surface area contributed by atoms with Gasteiger partial charge in [0.25, 0.3) is 0 Å². The summed E-state index contributed by atoms with van der Waals surface area (Å²) in [5.41, 5.74) is 0. The average molecular weight is 244 g/mol. The van der Waals surface area contributed by atoms with Crippen molar-refractivity contribution in [3.05, 3.63) is 0 Å². The highest BCUT2D eigenvalue weighted by atomic mass is 16.6. The van der Waals surface area contributed by atoms with Crippen LogP contribution in [0.3, 0.4) is 0 Å². The highest BCUT2D eigenvalue weighted by Crippen LogP contribution is 2.28. The van der Waals surface area contributed by atoms with Crippen molar-refractivity contribution in [1.82, 2.24) is 0 Å². The molecule has 1 saturated carbocycles. The quantitative estimate of drug-likeness (QED) is 0.716. The molecule has 0 aromatic carbocycles. The van der Waals surface area contributed by atoms with Crippen LogP contribution in [0.15, 0.2) is 0 Å². The molecule has 1 N–H and O–H groups in total. The lowest BCUT2D eigenvalue weighted by Crippen LogP contribution is -2.24. The van der Waals surface area contributed by atoms with E-state index in [0.717, 1.165) is 12.8 Å². The van der Waals surface area contributed by atoms with E-state index in [4.69, 9.17) is 14.6 Å². The summed E-state index contributed by atoms with van der Waals surface area (Å²) in [6.07, 6.45) is 3.14. The first-order chi connectivity index (χ1) is 8.13. The largest absolute Gasteiger partial charge is 0.481 e. The summed E-state index contributed by atoms with van der Waals surface area (Å²) < 4.78 is 10.00. The Balaban J connectivity index is 2.10. The number of aliphatic carboxylic acids is 1. The minimum Gasteiger partial charge on any atom is -0.481 e. The van der Waals surface area contributed by atoms with Crippen molar-refractivity contribution >= 4 is 11.9 Å². The number of rotatable bonds is 6. The van der Waals surface area contributed by atoms with Gasteiger partial charge in [-0.1, -0.05) is 0 Å². The van der Waals surface area contributed by atoms with Crippen LogP contribution >= 0.6 is 0 Å². The van der Waals surface area contributed by atoms with Crippen LogP contribution in [0.4, 0.5) is 0 Å². The predicted octanol–water partition coefficient (Wildman–Crippen LogP) is 1.46. The van der Waals surface area contributed by atoms with Crippen LogP contribution in [0.25, 0.3) is 0 Å². The highest BCUT2D eigenvalue weighted by Gasteiger charge is 2.25. The smallest absolute Gasteiger partial charge is 0.332 e. The van der Waals surface area contributed by atoms with E-state index in [1.807, 2.05) is 0 Å². The van der Waals surface area contributed by atoms with Crippen molar-refractivity contribution in [3.63, 3.8) is 0 Å². The van der Waals surface area contributed by atoms with Gasteiger partial charge >= 0.3 is 11.9 Å². The molecule has 0 bridgehead atoms. The summed E-state index contributed by atoms with van der Waals surface area (Å²) >= 11 is 0. The summed E-state index contributed by atoms with van der Waals surface area (Å²) in [4.78, 5) is 21.7. The molecule has 1 aliphatic rings. The fraction of sp³-hybridized carbons (Fsp3) is 0.833. The summed E-state index contributed by atoms with van der Waals surface area (Å²) in [5.74, 6) is -0.862. The topological polar surface area (TPSA) is 72.8 Å². The van der Waals surface area contributed by atoms with Gasteiger partial charge in [-0.05, 0) is 38.5 Å². The van der Waals surface area contributed by atoms with Crippen LogP contribution in [-0.4, -0.2) is 36.9 Å². The van der Waals surface area contributed by atoms with E-state index in [1.165, 1.54) is 0 Å². The van der Waals surface area contributed by atoms with Crippen LogP contribution in [0, 0.1) is 11.8 Å². The molecular formula is C12H20O5. The Bertz CT molecular complexity index is 256. The molecule has 0 aromatic heterocycles. The molecule has 0 aliphatic heterocycles. The van der Waals surface area contributed by atoms with Crippen molar-refractivity contribution in [2.45, 2.75) is 32.6 Å². The third-order valence-corrected chi connectivity index (χ3v) is 3.07. The van der Waals surface area contributed by atoms with E-state index in [2.05, 4.69) is 0 Å². The third-order valence-electron chi connectivity index (χ3n) is 3.07. The van der Waals surface area contributed by atoms with E-state index in [0.29, 0.717) is 32.0 Å². The third kappa shape index (κ3) is 5.17. The summed E-state index contributed by atoms with van der Waals surface area (Å²) in [6.45, 7) is 2.63. The number of carboxylic acids is 1. The van der Waals surface area contributed by atoms with Crippen LogP contribution in [0.5, 0.6) is 0 Å². The van der Waals surface area contributed by atoms with Crippen molar-refractivity contribution in [1.29, 1.82) is 0 Å². The molecule has 0 spiro atoms. The van der Waals surface area contributed by atoms with E-state index in [1.54, 1.807) is 6.92 Å². The molecule has 0 amide bonds. The lowest BCUT2D eigenvalue weighted by Gasteiger charge is -2.25. The molecule has 0 atom stereocenters. The molecule has 5 nitrogen and oxygen atoms in total. The van der Waals surface area contributed by atoms with Crippen LogP contribution < -0.4 is 0 Å². The SMILES string of the molecule is CCOC(=O)COCC1CCC(C(=O)O)CC1. The maximum absolute atomic E-state index is 11.0. The summed E-state index contributed by atoms with van der Waals surface area (Å²) in [7, 11) is 0. The first-order valence-electron chi connectivity index (χ1n) is 6.09. The summed E-state index contributed by atoms with van der Waals surface area (Å²) in [5, 5.41) is 8.84. The van der Waals surface area contributed by atoms with Gasteiger partial charge in [-0.3, -0.25) is 4.79 Å². The molecular weight excluding hydrogens is 224 g/mol. The summed E-state index contributed by atoms with van der Waals surface area (Å²) in [6, 6.07) is 0. The first-order valence-corrected chi connectivity index (χ1v) is 6.09. The molecule has 0 heterocycles. The Kier molecular flexibility index (Phi) is 5.97. The van der Waals surface area contributed by atoms with E-state index in [9.17, 15) is 9.59 Å². The molecule has 1 fully saturated rings. The van der Waals surface area contributed by atoms with Gasteiger partial charge in [0.2, 0.25) is 0 Å². The molecule has 5 heteroatoms. The van der Waals surface area contributed by atoms with E-state index in [-0.39, 0.29) is 18.5 Å². The number of hydrogen-bond acceptors (Lipinski definition) is 4. The minimum absolute atomic E-state index is 0.00724. The monoisotopic (exact) mass is 244 g/mol. The minimum atomic E-state index is -0.698. The second-order valence-corrected chi connectivity index (χ2v) is 4.38. The van der Waals surface area contributed by atoms with E-state index >= 15 is 0 Å². The number of esters is 1. The van der Waals surface area contributed by atoms with Gasteiger partial charge in [-0.15, -0.1) is 0 Å². The van der Waals surface area contributed by atoms with Crippen LogP contribution in [0.2, 0.25) is 0 Å². The zero-order valence-corrected chi connectivity index (χ0v) is 10.2. The van der Waals surface area contributed by atoms with Crippen molar-refractivity contribution in [2.24, 2.45) is 11.8 Å². The molecule has 17 heavy (non-hydrogen) atoms. The van der Waals surface area contributed by atoms with E-state index < -0.39 is 5.97 Å². The number of hydrogen-bond donors (Lipinski definition) is 1. The predicted molar refractivity (Wildman–Crippen MR) is 60.5 cm³/mol. The number of carbonyl (C=O) groups is 2. The van der Waals surface area contributed by atoms with Gasteiger partial charge in [0.1, 0.15) is 6.61 Å². The van der Waals surface area contributed by atoms with Gasteiger partial charge in [-0.25, -0.2) is 4.79 Å². The second kappa shape index (κ2) is 7.27. The lowest BCUT2D eigenvalue weighted by atomic mass is 9.82. The van der Waals surface area contributed by atoms with Gasteiger partial charge in [-0.2, -0.15) is 0 Å². The Morgan fingerprint density at radius 2 is 1.88 bits per heavy atom. The highest BCUT2D eigenvalue weighted by molar-refractivity contribution is 5.70. The Morgan fingerprint density at radius 1 is 1.24 bits per heavy atom. The standard InChI is InChI=1S/C12H20O5/c1-2-17-11(13)8-16-7-9-3-5-10(6-4-9)12(14)15/h9-10H,2-8H2,1H3,(H,14,15). The zero-order valence-electron chi connectivity index (χ0n) is 10.2. The van der Waals surface area contributed by atoms with Crippen LogP contribution in [0.1, 0.15) is 32.6 Å². The van der Waals surface area contributed by atoms with Crippen molar-refractivity contribution < 1.29 is 24.2 Å². The molecule has 0 unspecified atom stereocenters. The molecule has 0 radical (unpaired) electrons. The Morgan fingerprint density at radius 3 is 2.41 bits per heavy atom. The number of carboxylic acid groups (broad SMARTS) is 1.